The summed E-state index contributed by atoms with van der Waals surface area (Å²) in [6, 6.07) is 0. The van der Waals surface area contributed by atoms with Crippen LogP contribution in [0.15, 0.2) is 24.8 Å². The number of hydrogen-bond acceptors (Lipinski definition) is 1. The van der Waals surface area contributed by atoms with Gasteiger partial charge in [-0.1, -0.05) is 37.6 Å². The summed E-state index contributed by atoms with van der Waals surface area (Å²) >= 11 is 0. The monoisotopic (exact) mass is 180 g/mol. The zero-order valence-electron chi connectivity index (χ0n) is 8.28. The Bertz CT molecular complexity index is 172. The van der Waals surface area contributed by atoms with E-state index in [-0.39, 0.29) is 6.10 Å². The summed E-state index contributed by atoms with van der Waals surface area (Å²) in [5, 5.41) is 9.68. The third-order valence-electron chi connectivity index (χ3n) is 2.85. The van der Waals surface area contributed by atoms with Gasteiger partial charge < -0.3 is 5.11 Å². The highest BCUT2D eigenvalue weighted by Gasteiger charge is 2.21. The molecule has 1 saturated carbocycles. The summed E-state index contributed by atoms with van der Waals surface area (Å²) in [5.74, 6) is 0.545. The summed E-state index contributed by atoms with van der Waals surface area (Å²) in [4.78, 5) is 0. The molecule has 1 heteroatoms. The Kier molecular flexibility index (Phi) is 4.84. The molecule has 1 aliphatic carbocycles. The fraction of sp³-hybridized carbons (Fsp3) is 0.667. The molecule has 0 bridgehead atoms. The third-order valence-corrected chi connectivity index (χ3v) is 2.85. The molecule has 0 aliphatic heterocycles. The second-order valence-electron chi connectivity index (χ2n) is 3.85. The van der Waals surface area contributed by atoms with Crippen LogP contribution in [0.4, 0.5) is 0 Å². The van der Waals surface area contributed by atoms with E-state index in [9.17, 15) is 5.11 Å². The number of aliphatic hydroxyl groups excluding tert-OH is 1. The van der Waals surface area contributed by atoms with Crippen molar-refractivity contribution in [1.82, 2.24) is 0 Å². The summed E-state index contributed by atoms with van der Waals surface area (Å²) < 4.78 is 0. The van der Waals surface area contributed by atoms with Crippen LogP contribution < -0.4 is 0 Å². The lowest BCUT2D eigenvalue weighted by atomic mass is 9.83. The van der Waals surface area contributed by atoms with Gasteiger partial charge in [-0.2, -0.15) is 0 Å². The maximum Gasteiger partial charge on any atom is 0.0568 e. The second kappa shape index (κ2) is 5.98. The standard InChI is InChI=1S/C12H20O/c1-2-3-4-5-8-11-9-6-7-10-12(11)13/h2-4,11-13H,1,5-10H2/b4-3+/t11-,12-/m1/s1. The van der Waals surface area contributed by atoms with Crippen molar-refractivity contribution in [1.29, 1.82) is 0 Å². The Labute approximate surface area is 81.2 Å². The van der Waals surface area contributed by atoms with Gasteiger partial charge in [0.05, 0.1) is 6.10 Å². The van der Waals surface area contributed by atoms with Crippen LogP contribution in [0.1, 0.15) is 38.5 Å². The Balaban J connectivity index is 2.18. The summed E-state index contributed by atoms with van der Waals surface area (Å²) in [6.45, 7) is 3.62. The van der Waals surface area contributed by atoms with Crippen LogP contribution in [0.25, 0.3) is 0 Å². The molecule has 1 N–H and O–H groups in total. The molecule has 0 aromatic heterocycles. The molecule has 1 aliphatic rings. The largest absolute Gasteiger partial charge is 0.393 e. The predicted molar refractivity (Wildman–Crippen MR) is 56.5 cm³/mol. The molecule has 1 nitrogen and oxygen atoms in total. The fourth-order valence-electron chi connectivity index (χ4n) is 2.03. The topological polar surface area (TPSA) is 20.2 Å². The first-order valence-corrected chi connectivity index (χ1v) is 5.30. The predicted octanol–water partition coefficient (Wildman–Crippen LogP) is 3.06. The van der Waals surface area contributed by atoms with Crippen molar-refractivity contribution in [3.05, 3.63) is 24.8 Å². The average molecular weight is 180 g/mol. The highest BCUT2D eigenvalue weighted by Crippen LogP contribution is 2.27. The minimum Gasteiger partial charge on any atom is -0.393 e. The molecule has 0 radical (unpaired) electrons. The molecular weight excluding hydrogens is 160 g/mol. The lowest BCUT2D eigenvalue weighted by Gasteiger charge is -2.27. The van der Waals surface area contributed by atoms with E-state index in [2.05, 4.69) is 12.7 Å². The maximum absolute atomic E-state index is 9.68. The van der Waals surface area contributed by atoms with Gasteiger partial charge >= 0.3 is 0 Å². The zero-order valence-corrected chi connectivity index (χ0v) is 8.28. The van der Waals surface area contributed by atoms with Crippen LogP contribution >= 0.6 is 0 Å². The maximum atomic E-state index is 9.68. The van der Waals surface area contributed by atoms with Crippen LogP contribution in [0.3, 0.4) is 0 Å². The smallest absolute Gasteiger partial charge is 0.0568 e. The molecule has 0 amide bonds. The van der Waals surface area contributed by atoms with Crippen molar-refractivity contribution in [3.8, 4) is 0 Å². The molecular formula is C12H20O. The summed E-state index contributed by atoms with van der Waals surface area (Å²) in [7, 11) is 0. The minimum absolute atomic E-state index is 0.0362. The van der Waals surface area contributed by atoms with E-state index >= 15 is 0 Å². The van der Waals surface area contributed by atoms with Gasteiger partial charge in [0.2, 0.25) is 0 Å². The van der Waals surface area contributed by atoms with E-state index < -0.39 is 0 Å². The van der Waals surface area contributed by atoms with Gasteiger partial charge in [0.1, 0.15) is 0 Å². The average Bonchev–Trinajstić information content (AvgIpc) is 2.15. The van der Waals surface area contributed by atoms with Crippen molar-refractivity contribution in [2.45, 2.75) is 44.6 Å². The van der Waals surface area contributed by atoms with Gasteiger partial charge in [-0.05, 0) is 31.6 Å². The van der Waals surface area contributed by atoms with Crippen molar-refractivity contribution in [2.75, 3.05) is 0 Å². The molecule has 13 heavy (non-hydrogen) atoms. The van der Waals surface area contributed by atoms with E-state index in [1.54, 1.807) is 6.08 Å². The Morgan fingerprint density at radius 1 is 1.31 bits per heavy atom. The van der Waals surface area contributed by atoms with Crippen LogP contribution in [0.2, 0.25) is 0 Å². The molecule has 74 valence electrons. The Hall–Kier alpha value is -0.560. The summed E-state index contributed by atoms with van der Waals surface area (Å²) in [5.41, 5.74) is 0. The number of hydrogen-bond donors (Lipinski definition) is 1. The van der Waals surface area contributed by atoms with Gasteiger partial charge in [0.15, 0.2) is 0 Å². The molecule has 1 rings (SSSR count). The molecule has 2 atom stereocenters. The van der Waals surface area contributed by atoms with Crippen molar-refractivity contribution in [3.63, 3.8) is 0 Å². The third kappa shape index (κ3) is 3.77. The van der Waals surface area contributed by atoms with Crippen molar-refractivity contribution in [2.24, 2.45) is 5.92 Å². The van der Waals surface area contributed by atoms with Gasteiger partial charge in [0, 0.05) is 0 Å². The Morgan fingerprint density at radius 3 is 2.77 bits per heavy atom. The number of allylic oxidation sites excluding steroid dienone is 3. The number of rotatable bonds is 4. The van der Waals surface area contributed by atoms with Crippen LogP contribution in [-0.4, -0.2) is 11.2 Å². The molecule has 0 unspecified atom stereocenters. The van der Waals surface area contributed by atoms with Gasteiger partial charge in [-0.15, -0.1) is 0 Å². The first-order chi connectivity index (χ1) is 6.34. The van der Waals surface area contributed by atoms with E-state index in [1.807, 2.05) is 6.08 Å². The van der Waals surface area contributed by atoms with E-state index in [0.29, 0.717) is 5.92 Å². The van der Waals surface area contributed by atoms with Crippen LogP contribution in [-0.2, 0) is 0 Å². The first-order valence-electron chi connectivity index (χ1n) is 5.30. The highest BCUT2D eigenvalue weighted by molar-refractivity contribution is 4.97. The first kappa shape index (κ1) is 10.5. The van der Waals surface area contributed by atoms with E-state index in [1.165, 1.54) is 19.3 Å². The lowest BCUT2D eigenvalue weighted by molar-refractivity contribution is 0.0659. The molecule has 0 spiro atoms. The van der Waals surface area contributed by atoms with Gasteiger partial charge in [-0.25, -0.2) is 0 Å². The lowest BCUT2D eigenvalue weighted by Crippen LogP contribution is -2.24. The quantitative estimate of drug-likeness (QED) is 0.659. The summed E-state index contributed by atoms with van der Waals surface area (Å²) in [6.07, 6.45) is 12.8. The number of aliphatic hydroxyl groups is 1. The second-order valence-corrected chi connectivity index (χ2v) is 3.85. The van der Waals surface area contributed by atoms with E-state index in [0.717, 1.165) is 19.3 Å². The van der Waals surface area contributed by atoms with Crippen LogP contribution in [0, 0.1) is 5.92 Å². The molecule has 0 saturated heterocycles. The normalized spacial score (nSPS) is 29.3. The highest BCUT2D eigenvalue weighted by atomic mass is 16.3. The minimum atomic E-state index is -0.0362. The fourth-order valence-corrected chi connectivity index (χ4v) is 2.03. The zero-order chi connectivity index (χ0) is 9.52. The van der Waals surface area contributed by atoms with Gasteiger partial charge in [0.25, 0.3) is 0 Å². The molecule has 0 aromatic rings. The SMILES string of the molecule is C=C/C=C/CC[C@@H]1CCCC[C@H]1O. The Morgan fingerprint density at radius 2 is 2.08 bits per heavy atom. The van der Waals surface area contributed by atoms with Crippen LogP contribution in [0.5, 0.6) is 0 Å². The van der Waals surface area contributed by atoms with Crippen molar-refractivity contribution >= 4 is 0 Å². The van der Waals surface area contributed by atoms with E-state index in [4.69, 9.17) is 0 Å². The molecule has 1 fully saturated rings. The van der Waals surface area contributed by atoms with Gasteiger partial charge in [-0.3, -0.25) is 0 Å². The molecule has 0 aromatic carbocycles. The van der Waals surface area contributed by atoms with Crippen molar-refractivity contribution < 1.29 is 5.11 Å². The molecule has 0 heterocycles.